The van der Waals surface area contributed by atoms with Crippen LogP contribution < -0.4 is 0 Å². The third-order valence-corrected chi connectivity index (χ3v) is 10.4. The molecule has 37 heavy (non-hydrogen) atoms. The molecule has 1 N–H and O–H groups in total. The van der Waals surface area contributed by atoms with Crippen LogP contribution in [0.25, 0.3) is 0 Å². The minimum Gasteiger partial charge on any atom is -0.458 e. The quantitative estimate of drug-likeness (QED) is 0.526. The van der Waals surface area contributed by atoms with Crippen molar-refractivity contribution in [3.05, 3.63) is 11.6 Å². The summed E-state index contributed by atoms with van der Waals surface area (Å²) >= 11 is 0. The highest BCUT2D eigenvalue weighted by Crippen LogP contribution is 2.72. The number of aliphatic hydroxyl groups excluding tert-OH is 1. The first kappa shape index (κ1) is 26.9. The highest BCUT2D eigenvalue weighted by atomic mass is 19.1. The molecule has 0 aromatic carbocycles. The van der Waals surface area contributed by atoms with Crippen LogP contribution in [0.15, 0.2) is 11.6 Å². The van der Waals surface area contributed by atoms with Crippen molar-refractivity contribution in [3.63, 3.8) is 0 Å². The maximum absolute atomic E-state index is 17.4. The standard InChI is InChI=1S/C28H38F2O7/c1-5-7-24-36-22-12-16-17-11-19(29)18-10-15(31)8-9-25(18,3)27(17,30)20(32)13-26(16,4)28(22,37-24)21(33)14-35-23(34)6-2/h10,16-17,19-20,22,24,32H,5-9,11-14H2,1-4H3/t16-,17-,19-,20-,22+,24?,25-,26-,27-,28+/m0/s1. The summed E-state index contributed by atoms with van der Waals surface area (Å²) in [5.41, 5.74) is -5.98. The Morgan fingerprint density at radius 2 is 1.95 bits per heavy atom. The summed E-state index contributed by atoms with van der Waals surface area (Å²) in [4.78, 5) is 37.8. The number of hydrogen-bond donors (Lipinski definition) is 1. The van der Waals surface area contributed by atoms with Crippen LogP contribution in [0.1, 0.15) is 79.1 Å². The molecule has 0 amide bonds. The van der Waals surface area contributed by atoms with Crippen molar-refractivity contribution < 1.29 is 42.5 Å². The number of ketones is 2. The second-order valence-corrected chi connectivity index (χ2v) is 12.1. The molecule has 1 saturated heterocycles. The zero-order chi connectivity index (χ0) is 27.0. The molecular weight excluding hydrogens is 486 g/mol. The summed E-state index contributed by atoms with van der Waals surface area (Å²) < 4.78 is 50.9. The van der Waals surface area contributed by atoms with Gasteiger partial charge in [-0.15, -0.1) is 0 Å². The van der Waals surface area contributed by atoms with E-state index >= 15 is 8.78 Å². The summed E-state index contributed by atoms with van der Waals surface area (Å²) in [7, 11) is 0. The van der Waals surface area contributed by atoms with Crippen LogP contribution in [0.3, 0.4) is 0 Å². The second-order valence-electron chi connectivity index (χ2n) is 12.1. The molecule has 9 heteroatoms. The number of hydrogen-bond acceptors (Lipinski definition) is 7. The van der Waals surface area contributed by atoms with E-state index in [0.29, 0.717) is 6.42 Å². The first-order valence-electron chi connectivity index (χ1n) is 13.7. The van der Waals surface area contributed by atoms with Gasteiger partial charge in [0.15, 0.2) is 24.3 Å². The molecule has 5 aliphatic rings. The third kappa shape index (κ3) is 3.42. The number of fused-ring (bicyclic) bond motifs is 7. The molecule has 0 radical (unpaired) electrons. The second kappa shape index (κ2) is 8.91. The summed E-state index contributed by atoms with van der Waals surface area (Å²) in [6, 6.07) is 0. The van der Waals surface area contributed by atoms with Crippen LogP contribution in [-0.2, 0) is 28.6 Å². The highest BCUT2D eigenvalue weighted by Gasteiger charge is 2.80. The largest absolute Gasteiger partial charge is 0.458 e. The minimum absolute atomic E-state index is 0.0927. The van der Waals surface area contributed by atoms with E-state index in [1.807, 2.05) is 13.8 Å². The molecule has 1 heterocycles. The van der Waals surface area contributed by atoms with Crippen LogP contribution in [0, 0.1) is 22.7 Å². The summed E-state index contributed by atoms with van der Waals surface area (Å²) in [5, 5.41) is 11.6. The lowest BCUT2D eigenvalue weighted by molar-refractivity contribution is -0.242. The van der Waals surface area contributed by atoms with Crippen molar-refractivity contribution in [1.29, 1.82) is 0 Å². The predicted octanol–water partition coefficient (Wildman–Crippen LogP) is 3.94. The number of allylic oxidation sites excluding steroid dienone is 1. The lowest BCUT2D eigenvalue weighted by Gasteiger charge is -2.64. The third-order valence-electron chi connectivity index (χ3n) is 10.4. The molecular formula is C28H38F2O7. The number of Topliss-reactive ketones (excluding diaryl/α,β-unsaturated/α-hetero) is 1. The van der Waals surface area contributed by atoms with Gasteiger partial charge in [-0.05, 0) is 49.7 Å². The van der Waals surface area contributed by atoms with E-state index in [0.717, 1.165) is 6.42 Å². The molecule has 0 aromatic rings. The fourth-order valence-corrected chi connectivity index (χ4v) is 8.60. The van der Waals surface area contributed by atoms with E-state index in [9.17, 15) is 19.5 Å². The monoisotopic (exact) mass is 524 g/mol. The topological polar surface area (TPSA) is 99.1 Å². The zero-order valence-electron chi connectivity index (χ0n) is 22.1. The van der Waals surface area contributed by atoms with Gasteiger partial charge in [0.1, 0.15) is 11.8 Å². The van der Waals surface area contributed by atoms with Gasteiger partial charge in [0.05, 0.1) is 12.2 Å². The Bertz CT molecular complexity index is 1030. The Labute approximate surface area is 216 Å². The Hall–Kier alpha value is -1.71. The van der Waals surface area contributed by atoms with Crippen molar-refractivity contribution >= 4 is 17.5 Å². The van der Waals surface area contributed by atoms with Crippen molar-refractivity contribution in [1.82, 2.24) is 0 Å². The van der Waals surface area contributed by atoms with Crippen LogP contribution in [0.4, 0.5) is 8.78 Å². The minimum atomic E-state index is -2.17. The van der Waals surface area contributed by atoms with E-state index in [1.54, 1.807) is 13.8 Å². The van der Waals surface area contributed by atoms with Gasteiger partial charge in [-0.3, -0.25) is 14.4 Å². The van der Waals surface area contributed by atoms with Crippen molar-refractivity contribution in [2.75, 3.05) is 6.61 Å². The van der Waals surface area contributed by atoms with Crippen molar-refractivity contribution in [2.45, 2.75) is 115 Å². The van der Waals surface area contributed by atoms with Gasteiger partial charge in [-0.25, -0.2) is 8.78 Å². The van der Waals surface area contributed by atoms with Crippen molar-refractivity contribution in [2.24, 2.45) is 22.7 Å². The van der Waals surface area contributed by atoms with Gasteiger partial charge in [0.25, 0.3) is 0 Å². The molecule has 1 unspecified atom stereocenters. The average molecular weight is 525 g/mol. The summed E-state index contributed by atoms with van der Waals surface area (Å²) in [5.74, 6) is -2.64. The van der Waals surface area contributed by atoms with E-state index in [2.05, 4.69) is 0 Å². The van der Waals surface area contributed by atoms with Gasteiger partial charge in [-0.2, -0.15) is 0 Å². The van der Waals surface area contributed by atoms with Crippen LogP contribution >= 0.6 is 0 Å². The number of rotatable bonds is 6. The predicted molar refractivity (Wildman–Crippen MR) is 128 cm³/mol. The number of carbonyl (C=O) groups excluding carboxylic acids is 3. The summed E-state index contributed by atoms with van der Waals surface area (Å²) in [6.07, 6.45) is -1.55. The van der Waals surface area contributed by atoms with E-state index in [4.69, 9.17) is 14.2 Å². The highest BCUT2D eigenvalue weighted by molar-refractivity contribution is 5.93. The molecule has 3 saturated carbocycles. The zero-order valence-corrected chi connectivity index (χ0v) is 22.1. The molecule has 1 aliphatic heterocycles. The molecule has 7 nitrogen and oxygen atoms in total. The summed E-state index contributed by atoms with van der Waals surface area (Å²) in [6.45, 7) is 6.52. The van der Waals surface area contributed by atoms with Gasteiger partial charge < -0.3 is 19.3 Å². The fraction of sp³-hybridized carbons (Fsp3) is 0.821. The smallest absolute Gasteiger partial charge is 0.305 e. The lowest BCUT2D eigenvalue weighted by Crippen LogP contribution is -2.71. The normalized spacial score (nSPS) is 48.4. The van der Waals surface area contributed by atoms with Gasteiger partial charge in [0.2, 0.25) is 5.78 Å². The SMILES string of the molecule is CCCC1O[C@@H]2C[C@H]3[C@@H]4C[C@H](F)C5=CC(=O)CC[C@]5(C)[C@@]4(F)[C@@H](O)C[C@]3(C)[C@]2(C(=O)COC(=O)CC)O1. The number of carbonyl (C=O) groups is 3. The van der Waals surface area contributed by atoms with E-state index in [-0.39, 0.29) is 49.9 Å². The number of ether oxygens (including phenoxy) is 3. The maximum atomic E-state index is 17.4. The van der Waals surface area contributed by atoms with E-state index < -0.39 is 77.0 Å². The molecule has 0 aromatic heterocycles. The molecule has 0 bridgehead atoms. The molecule has 206 valence electrons. The molecule has 5 rings (SSSR count). The van der Waals surface area contributed by atoms with Crippen LogP contribution in [0.5, 0.6) is 0 Å². The Morgan fingerprint density at radius 1 is 1.22 bits per heavy atom. The Morgan fingerprint density at radius 3 is 2.62 bits per heavy atom. The lowest BCUT2D eigenvalue weighted by atomic mass is 9.43. The van der Waals surface area contributed by atoms with Gasteiger partial charge >= 0.3 is 5.97 Å². The first-order chi connectivity index (χ1) is 17.4. The number of esters is 1. The van der Waals surface area contributed by atoms with E-state index in [1.165, 1.54) is 6.08 Å². The van der Waals surface area contributed by atoms with Gasteiger partial charge in [-0.1, -0.05) is 34.1 Å². The van der Waals surface area contributed by atoms with Crippen LogP contribution in [-0.4, -0.2) is 65.2 Å². The Kier molecular flexibility index (Phi) is 6.48. The Balaban J connectivity index is 1.57. The fourth-order valence-electron chi connectivity index (χ4n) is 8.60. The molecule has 0 spiro atoms. The van der Waals surface area contributed by atoms with Crippen LogP contribution in [0.2, 0.25) is 0 Å². The number of alkyl halides is 2. The molecule has 4 aliphatic carbocycles. The maximum Gasteiger partial charge on any atom is 0.305 e. The molecule has 4 fully saturated rings. The first-order valence-corrected chi connectivity index (χ1v) is 13.7. The average Bonchev–Trinajstić information content (AvgIpc) is 3.33. The van der Waals surface area contributed by atoms with Gasteiger partial charge in [0, 0.05) is 29.6 Å². The number of halogens is 2. The number of aliphatic hydroxyl groups is 1. The van der Waals surface area contributed by atoms with Crippen molar-refractivity contribution in [3.8, 4) is 0 Å². The molecule has 10 atom stereocenters.